The van der Waals surface area contributed by atoms with Crippen LogP contribution in [0.25, 0.3) is 21.9 Å². The molecule has 1 amide bonds. The van der Waals surface area contributed by atoms with E-state index in [9.17, 15) is 9.59 Å². The van der Waals surface area contributed by atoms with Crippen molar-refractivity contribution in [3.05, 3.63) is 108 Å². The Morgan fingerprint density at radius 2 is 1.42 bits per heavy atom. The molecule has 1 atom stereocenters. The van der Waals surface area contributed by atoms with Gasteiger partial charge in [0.2, 0.25) is 0 Å². The van der Waals surface area contributed by atoms with Crippen molar-refractivity contribution in [1.29, 1.82) is 0 Å². The Bertz CT molecular complexity index is 1190. The van der Waals surface area contributed by atoms with Crippen molar-refractivity contribution in [2.24, 2.45) is 0 Å². The normalized spacial score (nSPS) is 11.6. The lowest BCUT2D eigenvalue weighted by molar-refractivity contribution is -0.142. The molecule has 0 bridgehead atoms. The van der Waals surface area contributed by atoms with Crippen molar-refractivity contribution in [2.75, 3.05) is 7.11 Å². The molecule has 0 aliphatic carbocycles. The molecule has 0 saturated carbocycles. The Labute approximate surface area is 181 Å². The van der Waals surface area contributed by atoms with Crippen LogP contribution in [-0.2, 0) is 16.0 Å². The molecule has 0 aliphatic rings. The molecule has 4 nitrogen and oxygen atoms in total. The molecule has 0 aromatic heterocycles. The van der Waals surface area contributed by atoms with Gasteiger partial charge in [-0.2, -0.15) is 0 Å². The van der Waals surface area contributed by atoms with Gasteiger partial charge in [0.15, 0.2) is 0 Å². The standard InChI is InChI=1S/C27H23NO3/c1-31-27(30)25(18-23-12-7-11-21-10-5-6-13-24(21)23)28-26(29)22-16-14-20(15-17-22)19-8-3-2-4-9-19/h2-17,25H,18H2,1H3,(H,28,29)/t25-/m0/s1. The Morgan fingerprint density at radius 3 is 2.16 bits per heavy atom. The van der Waals surface area contributed by atoms with Crippen molar-refractivity contribution in [1.82, 2.24) is 5.32 Å². The zero-order chi connectivity index (χ0) is 21.6. The third-order valence-electron chi connectivity index (χ3n) is 5.35. The van der Waals surface area contributed by atoms with Crippen LogP contribution >= 0.6 is 0 Å². The van der Waals surface area contributed by atoms with E-state index in [2.05, 4.69) is 5.32 Å². The number of benzene rings is 4. The monoisotopic (exact) mass is 409 g/mol. The lowest BCUT2D eigenvalue weighted by Gasteiger charge is -2.18. The Balaban J connectivity index is 1.54. The zero-order valence-corrected chi connectivity index (χ0v) is 17.2. The molecule has 0 fully saturated rings. The van der Waals surface area contributed by atoms with E-state index in [1.165, 1.54) is 7.11 Å². The molecule has 4 rings (SSSR count). The number of amides is 1. The summed E-state index contributed by atoms with van der Waals surface area (Å²) in [4.78, 5) is 25.3. The summed E-state index contributed by atoms with van der Waals surface area (Å²) in [6.07, 6.45) is 0.349. The quantitative estimate of drug-likeness (QED) is 0.455. The smallest absolute Gasteiger partial charge is 0.328 e. The van der Waals surface area contributed by atoms with Crippen molar-refractivity contribution in [3.63, 3.8) is 0 Å². The second-order valence-electron chi connectivity index (χ2n) is 7.33. The fourth-order valence-electron chi connectivity index (χ4n) is 3.71. The van der Waals surface area contributed by atoms with Crippen LogP contribution in [0.1, 0.15) is 15.9 Å². The lowest BCUT2D eigenvalue weighted by Crippen LogP contribution is -2.43. The van der Waals surface area contributed by atoms with Gasteiger partial charge in [-0.1, -0.05) is 84.9 Å². The molecule has 154 valence electrons. The number of fused-ring (bicyclic) bond motifs is 1. The molecular formula is C27H23NO3. The number of carbonyl (C=O) groups excluding carboxylic acids is 2. The third-order valence-corrected chi connectivity index (χ3v) is 5.35. The second kappa shape index (κ2) is 9.26. The van der Waals surface area contributed by atoms with Crippen LogP contribution in [0.15, 0.2) is 97.1 Å². The predicted octanol–water partition coefficient (Wildman–Crippen LogP) is 5.02. The fraction of sp³-hybridized carbons (Fsp3) is 0.111. The number of hydrogen-bond acceptors (Lipinski definition) is 3. The van der Waals surface area contributed by atoms with Gasteiger partial charge < -0.3 is 10.1 Å². The summed E-state index contributed by atoms with van der Waals surface area (Å²) in [6.45, 7) is 0. The number of hydrogen-bond donors (Lipinski definition) is 1. The van der Waals surface area contributed by atoms with E-state index in [1.54, 1.807) is 12.1 Å². The van der Waals surface area contributed by atoms with Gasteiger partial charge in [-0.3, -0.25) is 4.79 Å². The Kier molecular flexibility index (Phi) is 6.08. The number of rotatable bonds is 6. The van der Waals surface area contributed by atoms with E-state index in [-0.39, 0.29) is 5.91 Å². The maximum atomic E-state index is 12.9. The highest BCUT2D eigenvalue weighted by atomic mass is 16.5. The Hall–Kier alpha value is -3.92. The first kappa shape index (κ1) is 20.4. The number of esters is 1. The van der Waals surface area contributed by atoms with Crippen LogP contribution in [0.3, 0.4) is 0 Å². The number of methoxy groups -OCH3 is 1. The minimum atomic E-state index is -0.780. The molecule has 0 heterocycles. The van der Waals surface area contributed by atoms with Crippen LogP contribution in [0.4, 0.5) is 0 Å². The average molecular weight is 409 g/mol. The molecular weight excluding hydrogens is 386 g/mol. The highest BCUT2D eigenvalue weighted by molar-refractivity contribution is 5.97. The number of ether oxygens (including phenoxy) is 1. The fourth-order valence-corrected chi connectivity index (χ4v) is 3.71. The first-order chi connectivity index (χ1) is 15.2. The van der Waals surface area contributed by atoms with Gasteiger partial charge in [-0.15, -0.1) is 0 Å². The van der Waals surface area contributed by atoms with Crippen LogP contribution in [0.5, 0.6) is 0 Å². The van der Waals surface area contributed by atoms with E-state index in [0.717, 1.165) is 27.5 Å². The summed E-state index contributed by atoms with van der Waals surface area (Å²) in [5.74, 6) is -0.780. The average Bonchev–Trinajstić information content (AvgIpc) is 2.84. The summed E-state index contributed by atoms with van der Waals surface area (Å²) in [5, 5.41) is 4.99. The van der Waals surface area contributed by atoms with Crippen LogP contribution in [0, 0.1) is 0 Å². The second-order valence-corrected chi connectivity index (χ2v) is 7.33. The van der Waals surface area contributed by atoms with Gasteiger partial charge in [0, 0.05) is 12.0 Å². The summed E-state index contributed by atoms with van der Waals surface area (Å²) >= 11 is 0. The third kappa shape index (κ3) is 4.64. The molecule has 31 heavy (non-hydrogen) atoms. The largest absolute Gasteiger partial charge is 0.467 e. The molecule has 0 saturated heterocycles. The zero-order valence-electron chi connectivity index (χ0n) is 17.2. The first-order valence-corrected chi connectivity index (χ1v) is 10.2. The van der Waals surface area contributed by atoms with Gasteiger partial charge >= 0.3 is 5.97 Å². The first-order valence-electron chi connectivity index (χ1n) is 10.2. The van der Waals surface area contributed by atoms with E-state index in [4.69, 9.17) is 4.74 Å². The van der Waals surface area contributed by atoms with Crippen LogP contribution in [-0.4, -0.2) is 25.0 Å². The maximum absolute atomic E-state index is 12.9. The molecule has 0 aliphatic heterocycles. The number of nitrogens with one attached hydrogen (secondary N) is 1. The van der Waals surface area contributed by atoms with Crippen molar-refractivity contribution in [2.45, 2.75) is 12.5 Å². The number of carbonyl (C=O) groups is 2. The van der Waals surface area contributed by atoms with E-state index in [0.29, 0.717) is 12.0 Å². The highest BCUT2D eigenvalue weighted by Gasteiger charge is 2.23. The highest BCUT2D eigenvalue weighted by Crippen LogP contribution is 2.21. The molecule has 1 N–H and O–H groups in total. The summed E-state index contributed by atoms with van der Waals surface area (Å²) in [6, 6.07) is 30.5. The van der Waals surface area contributed by atoms with Gasteiger partial charge in [-0.05, 0) is 39.6 Å². The molecule has 4 aromatic carbocycles. The van der Waals surface area contributed by atoms with E-state index < -0.39 is 12.0 Å². The lowest BCUT2D eigenvalue weighted by atomic mass is 9.98. The molecule has 0 radical (unpaired) electrons. The van der Waals surface area contributed by atoms with Gasteiger partial charge in [-0.25, -0.2) is 4.79 Å². The predicted molar refractivity (Wildman–Crippen MR) is 123 cm³/mol. The van der Waals surface area contributed by atoms with Gasteiger partial charge in [0.25, 0.3) is 5.91 Å². The van der Waals surface area contributed by atoms with Crippen LogP contribution in [0.2, 0.25) is 0 Å². The minimum Gasteiger partial charge on any atom is -0.467 e. The van der Waals surface area contributed by atoms with Crippen molar-refractivity contribution >= 4 is 22.6 Å². The van der Waals surface area contributed by atoms with E-state index in [1.807, 2.05) is 84.9 Å². The SMILES string of the molecule is COC(=O)[C@H](Cc1cccc2ccccc12)NC(=O)c1ccc(-c2ccccc2)cc1. The molecule has 0 spiro atoms. The topological polar surface area (TPSA) is 55.4 Å². The summed E-state index contributed by atoms with van der Waals surface area (Å²) in [5.41, 5.74) is 3.58. The van der Waals surface area contributed by atoms with Crippen molar-refractivity contribution in [3.8, 4) is 11.1 Å². The summed E-state index contributed by atoms with van der Waals surface area (Å²) < 4.78 is 4.96. The Morgan fingerprint density at radius 1 is 0.774 bits per heavy atom. The molecule has 4 heteroatoms. The van der Waals surface area contributed by atoms with Crippen molar-refractivity contribution < 1.29 is 14.3 Å². The molecule has 4 aromatic rings. The van der Waals surface area contributed by atoms with E-state index >= 15 is 0 Å². The summed E-state index contributed by atoms with van der Waals surface area (Å²) in [7, 11) is 1.33. The maximum Gasteiger partial charge on any atom is 0.328 e. The van der Waals surface area contributed by atoms with Gasteiger partial charge in [0.1, 0.15) is 6.04 Å². The minimum absolute atomic E-state index is 0.310. The van der Waals surface area contributed by atoms with Crippen LogP contribution < -0.4 is 5.32 Å². The molecule has 0 unspecified atom stereocenters. The van der Waals surface area contributed by atoms with Gasteiger partial charge in [0.05, 0.1) is 7.11 Å².